The zero-order valence-corrected chi connectivity index (χ0v) is 16.5. The van der Waals surface area contributed by atoms with Crippen molar-refractivity contribution in [1.82, 2.24) is 10.3 Å². The van der Waals surface area contributed by atoms with Crippen LogP contribution in [-0.2, 0) is 6.42 Å². The van der Waals surface area contributed by atoms with Crippen molar-refractivity contribution in [2.45, 2.75) is 44.9 Å². The first-order valence-electron chi connectivity index (χ1n) is 9.65. The van der Waals surface area contributed by atoms with Crippen molar-refractivity contribution in [2.75, 3.05) is 13.1 Å². The molecule has 1 aromatic heterocycles. The molecule has 0 radical (unpaired) electrons. The maximum Gasteiger partial charge on any atom is 0.0456 e. The Morgan fingerprint density at radius 2 is 1.65 bits per heavy atom. The van der Waals surface area contributed by atoms with Crippen molar-refractivity contribution in [2.24, 2.45) is 0 Å². The average Bonchev–Trinajstić information content (AvgIpc) is 3.07. The standard InChI is InChI=1S/C23H30N2.ClH/c1-19(20-11-5-2-6-12-20)10-4-3-9-16-24-17-15-21-18-25-23-14-8-7-13-22(21)23;/h2,5-8,11-14,18-19,24-25H,3-4,9-10,15-17H2,1H3;1H. The number of aromatic nitrogens is 1. The summed E-state index contributed by atoms with van der Waals surface area (Å²) >= 11 is 0. The normalized spacial score (nSPS) is 12.0. The molecule has 0 aliphatic heterocycles. The predicted molar refractivity (Wildman–Crippen MR) is 115 cm³/mol. The third kappa shape index (κ3) is 5.89. The first-order chi connectivity index (χ1) is 12.3. The van der Waals surface area contributed by atoms with Gasteiger partial charge in [0.05, 0.1) is 0 Å². The van der Waals surface area contributed by atoms with Gasteiger partial charge in [0.1, 0.15) is 0 Å². The Bertz CT molecular complexity index is 751. The minimum Gasteiger partial charge on any atom is -0.361 e. The van der Waals surface area contributed by atoms with E-state index >= 15 is 0 Å². The van der Waals surface area contributed by atoms with Crippen molar-refractivity contribution < 1.29 is 0 Å². The van der Waals surface area contributed by atoms with Gasteiger partial charge in [-0.25, -0.2) is 0 Å². The van der Waals surface area contributed by atoms with E-state index in [1.165, 1.54) is 47.7 Å². The van der Waals surface area contributed by atoms with Gasteiger partial charge in [-0.3, -0.25) is 0 Å². The Kier molecular flexibility index (Phi) is 8.73. The van der Waals surface area contributed by atoms with E-state index in [1.54, 1.807) is 0 Å². The number of para-hydroxylation sites is 1. The second-order valence-electron chi connectivity index (χ2n) is 7.02. The van der Waals surface area contributed by atoms with E-state index < -0.39 is 0 Å². The molecule has 3 rings (SSSR count). The van der Waals surface area contributed by atoms with Crippen molar-refractivity contribution in [3.63, 3.8) is 0 Å². The molecule has 2 N–H and O–H groups in total. The number of rotatable bonds is 10. The number of aromatic amines is 1. The molecule has 0 bridgehead atoms. The lowest BCUT2D eigenvalue weighted by molar-refractivity contribution is 0.559. The van der Waals surface area contributed by atoms with Crippen molar-refractivity contribution in [3.8, 4) is 0 Å². The van der Waals surface area contributed by atoms with Gasteiger partial charge in [-0.2, -0.15) is 0 Å². The van der Waals surface area contributed by atoms with Crippen LogP contribution in [0.4, 0.5) is 0 Å². The number of benzene rings is 2. The minimum absolute atomic E-state index is 0. The van der Waals surface area contributed by atoms with E-state index in [0.29, 0.717) is 5.92 Å². The summed E-state index contributed by atoms with van der Waals surface area (Å²) < 4.78 is 0. The van der Waals surface area contributed by atoms with Gasteiger partial charge in [-0.05, 0) is 55.5 Å². The zero-order valence-electron chi connectivity index (χ0n) is 15.7. The number of unbranched alkanes of at least 4 members (excludes halogenated alkanes) is 2. The first kappa shape index (κ1) is 20.5. The summed E-state index contributed by atoms with van der Waals surface area (Å²) in [6.07, 6.45) is 8.44. The average molecular weight is 371 g/mol. The van der Waals surface area contributed by atoms with Gasteiger partial charge in [0.2, 0.25) is 0 Å². The van der Waals surface area contributed by atoms with E-state index in [-0.39, 0.29) is 12.4 Å². The number of halogens is 1. The Balaban J connectivity index is 0.00000243. The van der Waals surface area contributed by atoms with Crippen LogP contribution in [-0.4, -0.2) is 18.1 Å². The molecule has 0 fully saturated rings. The molecule has 0 aliphatic carbocycles. The Hall–Kier alpha value is -1.77. The van der Waals surface area contributed by atoms with Crippen LogP contribution >= 0.6 is 12.4 Å². The molecular formula is C23H31ClN2. The molecule has 1 heterocycles. The summed E-state index contributed by atoms with van der Waals surface area (Å²) in [5, 5.41) is 4.95. The van der Waals surface area contributed by atoms with Crippen LogP contribution in [0.2, 0.25) is 0 Å². The fourth-order valence-electron chi connectivity index (χ4n) is 3.51. The first-order valence-corrected chi connectivity index (χ1v) is 9.65. The van der Waals surface area contributed by atoms with Gasteiger partial charge in [0.25, 0.3) is 0 Å². The van der Waals surface area contributed by atoms with Gasteiger partial charge in [-0.1, -0.05) is 68.3 Å². The summed E-state index contributed by atoms with van der Waals surface area (Å²) in [5.74, 6) is 0.677. The maximum absolute atomic E-state index is 3.59. The van der Waals surface area contributed by atoms with Crippen molar-refractivity contribution >= 4 is 23.3 Å². The molecule has 0 spiro atoms. The highest BCUT2D eigenvalue weighted by atomic mass is 35.5. The molecule has 3 heteroatoms. The smallest absolute Gasteiger partial charge is 0.0456 e. The quantitative estimate of drug-likeness (QED) is 0.415. The van der Waals surface area contributed by atoms with Crippen LogP contribution < -0.4 is 5.32 Å². The van der Waals surface area contributed by atoms with Crippen LogP contribution in [0.5, 0.6) is 0 Å². The van der Waals surface area contributed by atoms with E-state index in [4.69, 9.17) is 0 Å². The Morgan fingerprint density at radius 1 is 0.885 bits per heavy atom. The third-order valence-corrected chi connectivity index (χ3v) is 5.11. The SMILES string of the molecule is CC(CCCCCNCCc1c[nH]c2ccccc12)c1ccccc1.Cl. The molecule has 1 atom stereocenters. The van der Waals surface area contributed by atoms with Gasteiger partial charge >= 0.3 is 0 Å². The topological polar surface area (TPSA) is 27.8 Å². The zero-order chi connectivity index (χ0) is 17.3. The largest absolute Gasteiger partial charge is 0.361 e. The fraction of sp³-hybridized carbons (Fsp3) is 0.391. The monoisotopic (exact) mass is 370 g/mol. The molecule has 1 unspecified atom stereocenters. The number of nitrogens with one attached hydrogen (secondary N) is 2. The summed E-state index contributed by atoms with van der Waals surface area (Å²) in [6.45, 7) is 4.53. The number of H-pyrrole nitrogens is 1. The molecule has 2 aromatic carbocycles. The predicted octanol–water partition coefficient (Wildman–Crippen LogP) is 6.09. The molecule has 0 aliphatic rings. The molecule has 140 valence electrons. The highest BCUT2D eigenvalue weighted by Gasteiger charge is 2.04. The lowest BCUT2D eigenvalue weighted by atomic mass is 9.95. The third-order valence-electron chi connectivity index (χ3n) is 5.11. The van der Waals surface area contributed by atoms with Crippen molar-refractivity contribution in [1.29, 1.82) is 0 Å². The Labute approximate surface area is 163 Å². The Morgan fingerprint density at radius 3 is 2.50 bits per heavy atom. The van der Waals surface area contributed by atoms with Crippen LogP contribution in [0.25, 0.3) is 10.9 Å². The van der Waals surface area contributed by atoms with Crippen molar-refractivity contribution in [3.05, 3.63) is 71.9 Å². The number of hydrogen-bond donors (Lipinski definition) is 2. The fourth-order valence-corrected chi connectivity index (χ4v) is 3.51. The lowest BCUT2D eigenvalue weighted by Crippen LogP contribution is -2.18. The van der Waals surface area contributed by atoms with Gasteiger partial charge < -0.3 is 10.3 Å². The molecule has 2 nitrogen and oxygen atoms in total. The number of fused-ring (bicyclic) bond motifs is 1. The highest BCUT2D eigenvalue weighted by Crippen LogP contribution is 2.21. The van der Waals surface area contributed by atoms with Crippen LogP contribution in [0.1, 0.15) is 49.7 Å². The lowest BCUT2D eigenvalue weighted by Gasteiger charge is -2.11. The van der Waals surface area contributed by atoms with Crippen LogP contribution in [0, 0.1) is 0 Å². The van der Waals surface area contributed by atoms with Gasteiger partial charge in [-0.15, -0.1) is 12.4 Å². The summed E-state index contributed by atoms with van der Waals surface area (Å²) in [6, 6.07) is 19.4. The van der Waals surface area contributed by atoms with Gasteiger partial charge in [0, 0.05) is 17.1 Å². The summed E-state index contributed by atoms with van der Waals surface area (Å²) in [4.78, 5) is 3.35. The van der Waals surface area contributed by atoms with Crippen LogP contribution in [0.3, 0.4) is 0 Å². The van der Waals surface area contributed by atoms with Crippen LogP contribution in [0.15, 0.2) is 60.8 Å². The van der Waals surface area contributed by atoms with E-state index in [0.717, 1.165) is 19.5 Å². The minimum atomic E-state index is 0. The van der Waals surface area contributed by atoms with E-state index in [9.17, 15) is 0 Å². The second-order valence-corrected chi connectivity index (χ2v) is 7.02. The second kappa shape index (κ2) is 11.1. The van der Waals surface area contributed by atoms with Gasteiger partial charge in [0.15, 0.2) is 0 Å². The highest BCUT2D eigenvalue weighted by molar-refractivity contribution is 5.85. The molecule has 0 amide bonds. The molecule has 0 saturated carbocycles. The summed E-state index contributed by atoms with van der Waals surface area (Å²) in [7, 11) is 0. The molecule has 26 heavy (non-hydrogen) atoms. The molecule has 3 aromatic rings. The summed E-state index contributed by atoms with van der Waals surface area (Å²) in [5.41, 5.74) is 4.13. The maximum atomic E-state index is 3.59. The van der Waals surface area contributed by atoms with E-state index in [1.807, 2.05) is 0 Å². The van der Waals surface area contributed by atoms with E-state index in [2.05, 4.69) is 78.0 Å². The number of hydrogen-bond acceptors (Lipinski definition) is 1. The molecule has 0 saturated heterocycles. The molecular weight excluding hydrogens is 340 g/mol.